The van der Waals surface area contributed by atoms with Gasteiger partial charge in [0.15, 0.2) is 0 Å². The quantitative estimate of drug-likeness (QED) is 0.479. The summed E-state index contributed by atoms with van der Waals surface area (Å²) in [6.45, 7) is 6.97. The van der Waals surface area contributed by atoms with Crippen LogP contribution in [0.25, 0.3) is 0 Å². The van der Waals surface area contributed by atoms with Crippen molar-refractivity contribution in [1.82, 2.24) is 9.71 Å². The van der Waals surface area contributed by atoms with Crippen LogP contribution in [0.5, 0.6) is 0 Å². The van der Waals surface area contributed by atoms with Crippen molar-refractivity contribution in [2.45, 2.75) is 44.4 Å². The van der Waals surface area contributed by atoms with Gasteiger partial charge in [0.1, 0.15) is 6.20 Å². The molecule has 0 unspecified atom stereocenters. The van der Waals surface area contributed by atoms with E-state index in [1.54, 1.807) is 27.7 Å². The van der Waals surface area contributed by atoms with Gasteiger partial charge in [-0.05, 0) is 33.3 Å². The summed E-state index contributed by atoms with van der Waals surface area (Å²) in [5.41, 5.74) is -0.943. The molecule has 1 heterocycles. The third kappa shape index (κ3) is 5.07. The zero-order valence-corrected chi connectivity index (χ0v) is 14.6. The lowest BCUT2D eigenvalue weighted by Crippen LogP contribution is -2.47. The molecule has 0 radical (unpaired) electrons. The number of hydrogen-bond acceptors (Lipinski definition) is 6. The average molecular weight is 343 g/mol. The molecule has 0 amide bonds. The molecule has 8 nitrogen and oxygen atoms in total. The third-order valence-electron chi connectivity index (χ3n) is 3.17. The van der Waals surface area contributed by atoms with Crippen LogP contribution >= 0.6 is 0 Å². The fourth-order valence-electron chi connectivity index (χ4n) is 1.74. The first-order chi connectivity index (χ1) is 10.5. The van der Waals surface area contributed by atoms with E-state index in [0.717, 1.165) is 6.20 Å². The van der Waals surface area contributed by atoms with Gasteiger partial charge in [-0.15, -0.1) is 0 Å². The molecule has 1 rings (SSSR count). The number of hydrogen-bond donors (Lipinski definition) is 1. The monoisotopic (exact) mass is 343 g/mol. The van der Waals surface area contributed by atoms with Crippen molar-refractivity contribution in [3.63, 3.8) is 0 Å². The van der Waals surface area contributed by atoms with Crippen LogP contribution in [0, 0.1) is 10.1 Å². The third-order valence-corrected chi connectivity index (χ3v) is 4.92. The second kappa shape index (κ2) is 7.14. The van der Waals surface area contributed by atoms with Gasteiger partial charge in [0.25, 0.3) is 5.69 Å². The van der Waals surface area contributed by atoms with Crippen LogP contribution in [-0.4, -0.2) is 31.9 Å². The van der Waals surface area contributed by atoms with Crippen LogP contribution in [0.2, 0.25) is 0 Å². The maximum absolute atomic E-state index is 12.4. The number of rotatable bonds is 6. The van der Waals surface area contributed by atoms with Gasteiger partial charge in [0.05, 0.1) is 39.7 Å². The van der Waals surface area contributed by atoms with Crippen LogP contribution in [0.15, 0.2) is 18.5 Å². The number of esters is 1. The number of nitrogens with one attached hydrogen (secondary N) is 1. The Bertz CT molecular complexity index is 629. The van der Waals surface area contributed by atoms with Crippen LogP contribution in [0.3, 0.4) is 0 Å². The molecule has 1 aromatic heterocycles. The number of nitro groups is 1. The molecule has 128 valence electrons. The van der Waals surface area contributed by atoms with E-state index in [4.69, 9.17) is 0 Å². The highest BCUT2D eigenvalue weighted by Crippen LogP contribution is 2.29. The van der Waals surface area contributed by atoms with Crippen LogP contribution in [0.4, 0.5) is 5.69 Å². The Morgan fingerprint density at radius 1 is 1.39 bits per heavy atom. The van der Waals surface area contributed by atoms with Gasteiger partial charge in [0.2, 0.25) is 0 Å². The Morgan fingerprint density at radius 2 is 2.00 bits per heavy atom. The molecule has 9 heteroatoms. The minimum Gasteiger partial charge on any atom is -0.469 e. The van der Waals surface area contributed by atoms with Gasteiger partial charge in [-0.2, -0.15) is 0 Å². The Kier molecular flexibility index (Phi) is 5.95. The van der Waals surface area contributed by atoms with Gasteiger partial charge in [-0.25, -0.2) is 8.93 Å². The Hall–Kier alpha value is -1.87. The molecule has 1 N–H and O–H groups in total. The van der Waals surface area contributed by atoms with Gasteiger partial charge in [0, 0.05) is 12.3 Å². The van der Waals surface area contributed by atoms with E-state index in [2.05, 4.69) is 14.4 Å². The number of carbonyl (C=O) groups is 1. The summed E-state index contributed by atoms with van der Waals surface area (Å²) in [5.74, 6) is -0.530. The second-order valence-electron chi connectivity index (χ2n) is 6.26. The number of aromatic nitrogens is 1. The van der Waals surface area contributed by atoms with Gasteiger partial charge < -0.3 is 4.74 Å². The molecule has 0 bridgehead atoms. The number of nitrogens with zero attached hydrogens (tertiary/aromatic N) is 2. The van der Waals surface area contributed by atoms with Crippen LogP contribution in [-0.2, 0) is 26.1 Å². The number of ether oxygens (including phenoxy) is 1. The Morgan fingerprint density at radius 3 is 2.48 bits per heavy atom. The summed E-state index contributed by atoms with van der Waals surface area (Å²) in [7, 11) is -0.253. The molecular weight excluding hydrogens is 322 g/mol. The smallest absolute Gasteiger partial charge is 0.307 e. The van der Waals surface area contributed by atoms with Crippen molar-refractivity contribution in [3.05, 3.63) is 34.1 Å². The standard InChI is InChI=1S/C14H21N3O5S/c1-13(2,3)23(21)16-14(4,7-12(18)22-5)10-6-11(17(19)20)9-15-8-10/h6,8-9,16H,7H2,1-5H3/t14-,23+/m0/s1. The maximum Gasteiger partial charge on any atom is 0.307 e. The molecular formula is C14H21N3O5S. The summed E-state index contributed by atoms with van der Waals surface area (Å²) in [6, 6.07) is 1.31. The topological polar surface area (TPSA) is 111 Å². The maximum atomic E-state index is 12.4. The number of carbonyl (C=O) groups excluding carboxylic acids is 1. The average Bonchev–Trinajstić information content (AvgIpc) is 2.46. The first-order valence-electron chi connectivity index (χ1n) is 6.86. The van der Waals surface area contributed by atoms with Crippen molar-refractivity contribution in [2.75, 3.05) is 7.11 Å². The molecule has 0 fully saturated rings. The summed E-state index contributed by atoms with van der Waals surface area (Å²) in [5, 5.41) is 10.9. The van der Waals surface area contributed by atoms with Crippen LogP contribution < -0.4 is 4.72 Å². The van der Waals surface area contributed by atoms with Gasteiger partial charge in [-0.1, -0.05) is 0 Å². The molecule has 0 aromatic carbocycles. The van der Waals surface area contributed by atoms with E-state index >= 15 is 0 Å². The van der Waals surface area contributed by atoms with E-state index in [9.17, 15) is 19.1 Å². The molecule has 0 spiro atoms. The molecule has 0 aliphatic heterocycles. The fourth-order valence-corrected chi connectivity index (χ4v) is 2.65. The van der Waals surface area contributed by atoms with Gasteiger partial charge >= 0.3 is 5.97 Å². The zero-order chi connectivity index (χ0) is 17.8. The largest absolute Gasteiger partial charge is 0.469 e. The number of methoxy groups -OCH3 is 1. The van der Waals surface area contributed by atoms with Crippen molar-refractivity contribution in [3.8, 4) is 0 Å². The zero-order valence-electron chi connectivity index (χ0n) is 13.8. The minimum atomic E-state index is -1.50. The van der Waals surface area contributed by atoms with Gasteiger partial charge in [-0.3, -0.25) is 19.9 Å². The number of pyridine rings is 1. The summed E-state index contributed by atoms with van der Waals surface area (Å²) >= 11 is 0. The molecule has 0 aliphatic rings. The normalized spacial score (nSPS) is 15.5. The predicted molar refractivity (Wildman–Crippen MR) is 85.9 cm³/mol. The van der Waals surface area contributed by atoms with Crippen LogP contribution in [0.1, 0.15) is 39.7 Å². The van der Waals surface area contributed by atoms with Crippen molar-refractivity contribution in [1.29, 1.82) is 0 Å². The second-order valence-corrected chi connectivity index (χ2v) is 8.22. The van der Waals surface area contributed by atoms with Crippen molar-refractivity contribution < 1.29 is 18.7 Å². The molecule has 2 atom stereocenters. The summed E-state index contributed by atoms with van der Waals surface area (Å²) in [6.07, 6.45) is 2.37. The SMILES string of the molecule is COC(=O)C[C@](C)(N[S@](=O)C(C)(C)C)c1cncc([N+](=O)[O-])c1. The van der Waals surface area contributed by atoms with Crippen molar-refractivity contribution >= 4 is 22.6 Å². The highest BCUT2D eigenvalue weighted by molar-refractivity contribution is 7.84. The predicted octanol–water partition coefficient (Wildman–Crippen LogP) is 1.82. The van der Waals surface area contributed by atoms with E-state index in [1.807, 2.05) is 0 Å². The molecule has 1 aromatic rings. The van der Waals surface area contributed by atoms with E-state index in [-0.39, 0.29) is 12.1 Å². The molecule has 0 aliphatic carbocycles. The first kappa shape index (κ1) is 19.2. The summed E-state index contributed by atoms with van der Waals surface area (Å²) < 4.78 is 19.4. The lowest BCUT2D eigenvalue weighted by Gasteiger charge is -2.32. The minimum absolute atomic E-state index is 0.145. The lowest BCUT2D eigenvalue weighted by molar-refractivity contribution is -0.385. The van der Waals surface area contributed by atoms with E-state index in [1.165, 1.54) is 19.4 Å². The Balaban J connectivity index is 3.28. The Labute approximate surface area is 137 Å². The highest BCUT2D eigenvalue weighted by atomic mass is 32.2. The fraction of sp³-hybridized carbons (Fsp3) is 0.571. The molecule has 0 saturated carbocycles. The summed E-state index contributed by atoms with van der Waals surface area (Å²) in [4.78, 5) is 25.9. The first-order valence-corrected chi connectivity index (χ1v) is 8.01. The van der Waals surface area contributed by atoms with E-state index < -0.39 is 32.2 Å². The van der Waals surface area contributed by atoms with Crippen molar-refractivity contribution in [2.24, 2.45) is 0 Å². The molecule has 0 saturated heterocycles. The lowest BCUT2D eigenvalue weighted by atomic mass is 9.91. The molecule has 23 heavy (non-hydrogen) atoms. The van der Waals surface area contributed by atoms with E-state index in [0.29, 0.717) is 5.56 Å². The highest BCUT2D eigenvalue weighted by Gasteiger charge is 2.36.